The largest absolute Gasteiger partial charge is 0.391 e. The van der Waals surface area contributed by atoms with Crippen LogP contribution in [0, 0.1) is 0 Å². The number of nitrogens with one attached hydrogen (secondary N) is 3. The van der Waals surface area contributed by atoms with E-state index in [0.717, 1.165) is 5.56 Å². The third-order valence-electron chi connectivity index (χ3n) is 6.98. The van der Waals surface area contributed by atoms with Gasteiger partial charge in [-0.2, -0.15) is 0 Å². The molecule has 0 fully saturated rings. The maximum atomic E-state index is 13.6. The Kier molecular flexibility index (Phi) is 10.6. The summed E-state index contributed by atoms with van der Waals surface area (Å²) >= 11 is 0. The van der Waals surface area contributed by atoms with E-state index in [2.05, 4.69) is 25.9 Å². The number of fused-ring (bicyclic) bond motifs is 1. The maximum Gasteiger partial charge on any atom is 0.272 e. The number of hydrogen-bond donors (Lipinski definition) is 5. The molecule has 0 spiro atoms. The Balaban J connectivity index is 1.56. The highest BCUT2D eigenvalue weighted by Crippen LogP contribution is 2.17. The second-order valence-corrected chi connectivity index (χ2v) is 11.9. The summed E-state index contributed by atoms with van der Waals surface area (Å²) in [5.41, 5.74) is 7.85. The molecule has 11 heteroatoms. The molecule has 6 N–H and O–H groups in total. The molecule has 0 aliphatic rings. The van der Waals surface area contributed by atoms with E-state index in [0.29, 0.717) is 22.2 Å². The second-order valence-electron chi connectivity index (χ2n) is 11.9. The molecule has 3 aromatic carbocycles. The van der Waals surface area contributed by atoms with Crippen LogP contribution in [0.1, 0.15) is 59.2 Å². The van der Waals surface area contributed by atoms with Gasteiger partial charge in [-0.3, -0.25) is 24.2 Å². The van der Waals surface area contributed by atoms with Crippen LogP contribution in [0.2, 0.25) is 0 Å². The molecule has 3 atom stereocenters. The number of nitrogens with zero attached hydrogens (tertiary/aromatic N) is 2. The average Bonchev–Trinajstić information content (AvgIpc) is 2.99. The van der Waals surface area contributed by atoms with Crippen molar-refractivity contribution in [2.75, 3.05) is 0 Å². The summed E-state index contributed by atoms with van der Waals surface area (Å²) in [6.07, 6.45) is -0.0639. The number of carbonyl (C=O) groups is 4. The number of hydrogen-bond acceptors (Lipinski definition) is 7. The smallest absolute Gasteiger partial charge is 0.272 e. The van der Waals surface area contributed by atoms with E-state index in [1.807, 2.05) is 51.1 Å². The molecule has 1 aromatic heterocycles. The van der Waals surface area contributed by atoms with Crippen molar-refractivity contribution in [2.45, 2.75) is 63.8 Å². The van der Waals surface area contributed by atoms with Crippen LogP contribution < -0.4 is 21.7 Å². The fourth-order valence-corrected chi connectivity index (χ4v) is 4.84. The number of carbonyl (C=O) groups excluding carboxylic acids is 4. The van der Waals surface area contributed by atoms with E-state index >= 15 is 0 Å². The van der Waals surface area contributed by atoms with Gasteiger partial charge in [-0.15, -0.1) is 0 Å². The zero-order valence-corrected chi connectivity index (χ0v) is 25.5. The van der Waals surface area contributed by atoms with Crippen LogP contribution in [0.25, 0.3) is 11.0 Å². The molecule has 0 aliphatic heterocycles. The van der Waals surface area contributed by atoms with Crippen LogP contribution >= 0.6 is 0 Å². The second kappa shape index (κ2) is 14.5. The van der Waals surface area contributed by atoms with Crippen molar-refractivity contribution in [2.24, 2.45) is 5.73 Å². The summed E-state index contributed by atoms with van der Waals surface area (Å²) in [6, 6.07) is 21.0. The Morgan fingerprint density at radius 3 is 2.16 bits per heavy atom. The van der Waals surface area contributed by atoms with Crippen LogP contribution in [0.4, 0.5) is 0 Å². The minimum Gasteiger partial charge on any atom is -0.391 e. The summed E-state index contributed by atoms with van der Waals surface area (Å²) < 4.78 is 0. The van der Waals surface area contributed by atoms with Crippen molar-refractivity contribution in [1.82, 2.24) is 25.9 Å². The first-order valence-electron chi connectivity index (χ1n) is 14.6. The molecule has 1 heterocycles. The quantitative estimate of drug-likeness (QED) is 0.164. The first-order valence-corrected chi connectivity index (χ1v) is 14.6. The molecule has 4 amide bonds. The van der Waals surface area contributed by atoms with E-state index in [9.17, 15) is 24.3 Å². The van der Waals surface area contributed by atoms with Gasteiger partial charge in [-0.25, -0.2) is 4.98 Å². The molecule has 0 radical (unpaired) electrons. The van der Waals surface area contributed by atoms with Crippen LogP contribution in [0.3, 0.4) is 0 Å². The van der Waals surface area contributed by atoms with Gasteiger partial charge in [0.25, 0.3) is 11.8 Å². The number of nitrogens with two attached hydrogens (primary N) is 1. The van der Waals surface area contributed by atoms with Gasteiger partial charge in [0.1, 0.15) is 11.7 Å². The van der Waals surface area contributed by atoms with Crippen molar-refractivity contribution in [3.8, 4) is 0 Å². The number of benzene rings is 3. The highest BCUT2D eigenvalue weighted by atomic mass is 16.3. The first-order chi connectivity index (χ1) is 21.4. The maximum absolute atomic E-state index is 13.6. The normalized spacial score (nSPS) is 13.3. The Labute approximate surface area is 261 Å². The number of primary amides is 1. The predicted molar refractivity (Wildman–Crippen MR) is 170 cm³/mol. The fourth-order valence-electron chi connectivity index (χ4n) is 4.84. The zero-order chi connectivity index (χ0) is 32.6. The van der Waals surface area contributed by atoms with Gasteiger partial charge < -0.3 is 26.8 Å². The van der Waals surface area contributed by atoms with Gasteiger partial charge in [0.15, 0.2) is 0 Å². The summed E-state index contributed by atoms with van der Waals surface area (Å²) in [5.74, 6) is -2.52. The van der Waals surface area contributed by atoms with Crippen LogP contribution in [0.15, 0.2) is 85.1 Å². The molecule has 0 saturated heterocycles. The predicted octanol–water partition coefficient (Wildman–Crippen LogP) is 2.46. The SMILES string of the molecule is CC(C)(C)NC(=O)c1ccccc1C[C@@H](O)[C@H](Cc1ccccc1)NC(=O)[C@H](CC(N)=O)NC(=O)c1cnc2ccccc2n1. The monoisotopic (exact) mass is 610 g/mol. The molecule has 4 aromatic rings. The van der Waals surface area contributed by atoms with Crippen molar-refractivity contribution in [3.63, 3.8) is 0 Å². The summed E-state index contributed by atoms with van der Waals surface area (Å²) in [6.45, 7) is 5.63. The van der Waals surface area contributed by atoms with Crippen molar-refractivity contribution >= 4 is 34.7 Å². The first kappa shape index (κ1) is 32.7. The summed E-state index contributed by atoms with van der Waals surface area (Å²) in [4.78, 5) is 60.2. The molecule has 0 unspecified atom stereocenters. The van der Waals surface area contributed by atoms with E-state index in [1.54, 1.807) is 48.5 Å². The lowest BCUT2D eigenvalue weighted by Crippen LogP contribution is -2.54. The highest BCUT2D eigenvalue weighted by molar-refractivity contribution is 5.98. The van der Waals surface area contributed by atoms with Gasteiger partial charge in [-0.1, -0.05) is 60.7 Å². The summed E-state index contributed by atoms with van der Waals surface area (Å²) in [5, 5.41) is 19.8. The molecule has 45 heavy (non-hydrogen) atoms. The standard InChI is InChI=1S/C34H38N6O5/c1-34(2,3)40-31(43)23-14-8-7-13-22(23)18-29(41)26(17-21-11-5-4-6-12-21)38-32(44)27(19-30(35)42)39-33(45)28-20-36-24-15-9-10-16-25(24)37-28/h4-16,20,26-27,29,41H,17-19H2,1-3H3,(H2,35,42)(H,38,44)(H,39,45)(H,40,43)/t26-,27-,29+/m0/s1. The zero-order valence-electron chi connectivity index (χ0n) is 25.5. The third kappa shape index (κ3) is 9.41. The topological polar surface area (TPSA) is 176 Å². The molecule has 234 valence electrons. The van der Waals surface area contributed by atoms with E-state index in [-0.39, 0.29) is 24.4 Å². The summed E-state index contributed by atoms with van der Waals surface area (Å²) in [7, 11) is 0. The molecular formula is C34H38N6O5. The number of para-hydroxylation sites is 2. The van der Waals surface area contributed by atoms with Gasteiger partial charge in [-0.05, 0) is 56.5 Å². The minimum absolute atomic E-state index is 0.0398. The number of aliphatic hydroxyl groups excluding tert-OH is 1. The molecule has 11 nitrogen and oxygen atoms in total. The lowest BCUT2D eigenvalue weighted by Gasteiger charge is -2.28. The number of amides is 4. The fraction of sp³-hybridized carbons (Fsp3) is 0.294. The lowest BCUT2D eigenvalue weighted by atomic mass is 9.93. The van der Waals surface area contributed by atoms with Crippen molar-refractivity contribution in [1.29, 1.82) is 0 Å². The highest BCUT2D eigenvalue weighted by Gasteiger charge is 2.30. The Hall–Kier alpha value is -5.16. The third-order valence-corrected chi connectivity index (χ3v) is 6.98. The number of rotatable bonds is 12. The Morgan fingerprint density at radius 1 is 0.822 bits per heavy atom. The van der Waals surface area contributed by atoms with Crippen LogP contribution in [0.5, 0.6) is 0 Å². The average molecular weight is 611 g/mol. The Morgan fingerprint density at radius 2 is 1.47 bits per heavy atom. The van der Waals surface area contributed by atoms with Crippen molar-refractivity contribution < 1.29 is 24.3 Å². The number of aliphatic hydroxyl groups is 1. The van der Waals surface area contributed by atoms with E-state index in [1.165, 1.54) is 6.20 Å². The molecular weight excluding hydrogens is 572 g/mol. The van der Waals surface area contributed by atoms with Crippen molar-refractivity contribution in [3.05, 3.63) is 107 Å². The van der Waals surface area contributed by atoms with Gasteiger partial charge >= 0.3 is 0 Å². The Bertz CT molecular complexity index is 1670. The van der Waals surface area contributed by atoms with E-state index in [4.69, 9.17) is 5.73 Å². The molecule has 0 aliphatic carbocycles. The van der Waals surface area contributed by atoms with Gasteiger partial charge in [0, 0.05) is 17.5 Å². The minimum atomic E-state index is -1.35. The lowest BCUT2D eigenvalue weighted by molar-refractivity contribution is -0.128. The van der Waals surface area contributed by atoms with E-state index < -0.39 is 47.9 Å². The van der Waals surface area contributed by atoms with Gasteiger partial charge in [0.2, 0.25) is 11.8 Å². The van der Waals surface area contributed by atoms with Crippen LogP contribution in [-0.4, -0.2) is 62.4 Å². The molecule has 0 saturated carbocycles. The molecule has 0 bridgehead atoms. The van der Waals surface area contributed by atoms with Gasteiger partial charge in [0.05, 0.1) is 35.8 Å². The van der Waals surface area contributed by atoms with Crippen LogP contribution in [-0.2, 0) is 22.4 Å². The number of aromatic nitrogens is 2. The molecule has 4 rings (SSSR count).